The molecule has 0 saturated heterocycles. The molecule has 3 heteroatoms. The molecule has 1 saturated carbocycles. The molecule has 2 rings (SSSR count). The number of hydrogen-bond donors (Lipinski definition) is 1. The van der Waals surface area contributed by atoms with Crippen LogP contribution in [0.3, 0.4) is 0 Å². The molecule has 1 aliphatic carbocycles. The van der Waals surface area contributed by atoms with E-state index in [1.165, 1.54) is 0 Å². The zero-order valence-corrected chi connectivity index (χ0v) is 9.07. The standard InChI is InChI=1S/C11H18N2O/c1-11(2)6-4-9(14)10(11)8-5-7-12-13(8)3/h5,7,9-10,14H,4,6H2,1-3H3. The van der Waals surface area contributed by atoms with Crippen molar-refractivity contribution in [3.63, 3.8) is 0 Å². The summed E-state index contributed by atoms with van der Waals surface area (Å²) in [5.74, 6) is 0.231. The number of aliphatic hydroxyl groups is 1. The quantitative estimate of drug-likeness (QED) is 0.738. The average Bonchev–Trinajstić information content (AvgIpc) is 2.58. The van der Waals surface area contributed by atoms with Crippen molar-refractivity contribution >= 4 is 0 Å². The second kappa shape index (κ2) is 3.09. The van der Waals surface area contributed by atoms with Crippen molar-refractivity contribution in [3.8, 4) is 0 Å². The van der Waals surface area contributed by atoms with E-state index in [-0.39, 0.29) is 17.4 Å². The summed E-state index contributed by atoms with van der Waals surface area (Å²) in [6, 6.07) is 2.01. The van der Waals surface area contributed by atoms with Gasteiger partial charge in [0.2, 0.25) is 0 Å². The van der Waals surface area contributed by atoms with Gasteiger partial charge >= 0.3 is 0 Å². The minimum absolute atomic E-state index is 0.188. The van der Waals surface area contributed by atoms with Crippen LogP contribution in [0.1, 0.15) is 38.3 Å². The molecule has 0 amide bonds. The fraction of sp³-hybridized carbons (Fsp3) is 0.727. The molecule has 0 radical (unpaired) electrons. The van der Waals surface area contributed by atoms with Crippen molar-refractivity contribution < 1.29 is 5.11 Å². The van der Waals surface area contributed by atoms with Crippen LogP contribution in [-0.4, -0.2) is 21.0 Å². The molecule has 1 aromatic heterocycles. The third-order valence-electron chi connectivity index (χ3n) is 3.49. The maximum atomic E-state index is 9.98. The van der Waals surface area contributed by atoms with Crippen molar-refractivity contribution in [1.82, 2.24) is 9.78 Å². The zero-order chi connectivity index (χ0) is 10.3. The highest BCUT2D eigenvalue weighted by Gasteiger charge is 2.43. The van der Waals surface area contributed by atoms with Crippen molar-refractivity contribution in [2.45, 2.75) is 38.7 Å². The molecule has 0 aromatic carbocycles. The van der Waals surface area contributed by atoms with Crippen LogP contribution in [0.2, 0.25) is 0 Å². The van der Waals surface area contributed by atoms with E-state index in [4.69, 9.17) is 0 Å². The lowest BCUT2D eigenvalue weighted by Crippen LogP contribution is -2.25. The third-order valence-corrected chi connectivity index (χ3v) is 3.49. The highest BCUT2D eigenvalue weighted by Crippen LogP contribution is 2.48. The predicted octanol–water partition coefficient (Wildman–Crippen LogP) is 1.68. The Labute approximate surface area is 84.7 Å². The Kier molecular flexibility index (Phi) is 2.14. The van der Waals surface area contributed by atoms with E-state index >= 15 is 0 Å². The van der Waals surface area contributed by atoms with Crippen LogP contribution in [0.15, 0.2) is 12.3 Å². The van der Waals surface area contributed by atoms with Crippen LogP contribution < -0.4 is 0 Å². The van der Waals surface area contributed by atoms with Gasteiger partial charge in [-0.2, -0.15) is 5.10 Å². The van der Waals surface area contributed by atoms with Gasteiger partial charge in [-0.25, -0.2) is 0 Å². The summed E-state index contributed by atoms with van der Waals surface area (Å²) in [4.78, 5) is 0. The van der Waals surface area contributed by atoms with Gasteiger partial charge in [-0.3, -0.25) is 4.68 Å². The molecular weight excluding hydrogens is 176 g/mol. The first-order valence-corrected chi connectivity index (χ1v) is 5.18. The minimum Gasteiger partial charge on any atom is -0.392 e. The molecule has 0 aliphatic heterocycles. The second-order valence-corrected chi connectivity index (χ2v) is 4.95. The molecule has 0 spiro atoms. The summed E-state index contributed by atoms with van der Waals surface area (Å²) in [5.41, 5.74) is 1.34. The summed E-state index contributed by atoms with van der Waals surface area (Å²) in [5, 5.41) is 14.1. The Hall–Kier alpha value is -0.830. The SMILES string of the molecule is Cn1nccc1C1C(O)CCC1(C)C. The normalized spacial score (nSPS) is 30.9. The van der Waals surface area contributed by atoms with E-state index in [0.717, 1.165) is 18.5 Å². The molecule has 1 heterocycles. The van der Waals surface area contributed by atoms with Crippen molar-refractivity contribution in [2.24, 2.45) is 12.5 Å². The Morgan fingerprint density at radius 1 is 1.57 bits per heavy atom. The molecular formula is C11H18N2O. The molecule has 3 nitrogen and oxygen atoms in total. The summed E-state index contributed by atoms with van der Waals surface area (Å²) < 4.78 is 1.88. The molecule has 78 valence electrons. The summed E-state index contributed by atoms with van der Waals surface area (Å²) in [7, 11) is 1.94. The molecule has 14 heavy (non-hydrogen) atoms. The average molecular weight is 194 g/mol. The summed E-state index contributed by atoms with van der Waals surface area (Å²) in [6.07, 6.45) is 3.59. The molecule has 1 fully saturated rings. The maximum Gasteiger partial charge on any atom is 0.0629 e. The van der Waals surface area contributed by atoms with Crippen LogP contribution in [0.25, 0.3) is 0 Å². The van der Waals surface area contributed by atoms with Gasteiger partial charge in [0.05, 0.1) is 6.10 Å². The lowest BCUT2D eigenvalue weighted by atomic mass is 9.79. The van der Waals surface area contributed by atoms with Crippen LogP contribution in [0, 0.1) is 5.41 Å². The van der Waals surface area contributed by atoms with Gasteiger partial charge in [-0.1, -0.05) is 13.8 Å². The minimum atomic E-state index is -0.208. The van der Waals surface area contributed by atoms with Crippen LogP contribution in [0.4, 0.5) is 0 Å². The van der Waals surface area contributed by atoms with Crippen molar-refractivity contribution in [1.29, 1.82) is 0 Å². The highest BCUT2D eigenvalue weighted by molar-refractivity contribution is 5.16. The predicted molar refractivity (Wildman–Crippen MR) is 55.0 cm³/mol. The first-order chi connectivity index (χ1) is 6.52. The lowest BCUT2D eigenvalue weighted by molar-refractivity contribution is 0.134. The largest absolute Gasteiger partial charge is 0.392 e. The van der Waals surface area contributed by atoms with Crippen molar-refractivity contribution in [3.05, 3.63) is 18.0 Å². The van der Waals surface area contributed by atoms with Gasteiger partial charge in [0.1, 0.15) is 0 Å². The van der Waals surface area contributed by atoms with E-state index in [0.29, 0.717) is 0 Å². The van der Waals surface area contributed by atoms with Gasteiger partial charge in [-0.05, 0) is 24.3 Å². The third kappa shape index (κ3) is 1.36. The number of rotatable bonds is 1. The van der Waals surface area contributed by atoms with E-state index in [9.17, 15) is 5.11 Å². The highest BCUT2D eigenvalue weighted by atomic mass is 16.3. The van der Waals surface area contributed by atoms with Crippen LogP contribution in [0.5, 0.6) is 0 Å². The Morgan fingerprint density at radius 3 is 2.71 bits per heavy atom. The topological polar surface area (TPSA) is 38.0 Å². The first kappa shape index (κ1) is 9.71. The van der Waals surface area contributed by atoms with Gasteiger partial charge in [-0.15, -0.1) is 0 Å². The van der Waals surface area contributed by atoms with Crippen LogP contribution in [-0.2, 0) is 7.05 Å². The molecule has 1 aliphatic rings. The number of aromatic nitrogens is 2. The molecule has 2 unspecified atom stereocenters. The number of nitrogens with zero attached hydrogens (tertiary/aromatic N) is 2. The van der Waals surface area contributed by atoms with Gasteiger partial charge in [0, 0.05) is 24.9 Å². The first-order valence-electron chi connectivity index (χ1n) is 5.18. The maximum absolute atomic E-state index is 9.98. The van der Waals surface area contributed by atoms with E-state index in [2.05, 4.69) is 18.9 Å². The Morgan fingerprint density at radius 2 is 2.29 bits per heavy atom. The number of aryl methyl sites for hydroxylation is 1. The van der Waals surface area contributed by atoms with Gasteiger partial charge in [0.25, 0.3) is 0 Å². The lowest BCUT2D eigenvalue weighted by Gasteiger charge is -2.28. The number of hydrogen-bond acceptors (Lipinski definition) is 2. The zero-order valence-electron chi connectivity index (χ0n) is 9.07. The van der Waals surface area contributed by atoms with Gasteiger partial charge in [0.15, 0.2) is 0 Å². The van der Waals surface area contributed by atoms with Crippen LogP contribution >= 0.6 is 0 Å². The van der Waals surface area contributed by atoms with Crippen molar-refractivity contribution in [2.75, 3.05) is 0 Å². The smallest absolute Gasteiger partial charge is 0.0629 e. The molecule has 0 bridgehead atoms. The monoisotopic (exact) mass is 194 g/mol. The summed E-state index contributed by atoms with van der Waals surface area (Å²) >= 11 is 0. The Balaban J connectivity index is 2.37. The second-order valence-electron chi connectivity index (χ2n) is 4.95. The van der Waals surface area contributed by atoms with E-state index < -0.39 is 0 Å². The molecule has 1 aromatic rings. The number of aliphatic hydroxyl groups excluding tert-OH is 1. The fourth-order valence-corrected chi connectivity index (χ4v) is 2.65. The fourth-order valence-electron chi connectivity index (χ4n) is 2.65. The van der Waals surface area contributed by atoms with E-state index in [1.54, 1.807) is 6.20 Å². The van der Waals surface area contributed by atoms with E-state index in [1.807, 2.05) is 17.8 Å². The van der Waals surface area contributed by atoms with Gasteiger partial charge < -0.3 is 5.11 Å². The molecule has 2 atom stereocenters. The molecule has 1 N–H and O–H groups in total. The summed E-state index contributed by atoms with van der Waals surface area (Å²) in [6.45, 7) is 4.45. The Bertz CT molecular complexity index is 330.